The molecule has 0 spiro atoms. The third-order valence-electron chi connectivity index (χ3n) is 5.58. The molecule has 0 aliphatic heterocycles. The van der Waals surface area contributed by atoms with Gasteiger partial charge in [-0.2, -0.15) is 5.10 Å². The topological polar surface area (TPSA) is 93.5 Å². The van der Waals surface area contributed by atoms with E-state index in [1.165, 1.54) is 19.2 Å². The van der Waals surface area contributed by atoms with Crippen LogP contribution in [0.4, 0.5) is 8.78 Å². The number of aromatic carboxylic acids is 1. The lowest BCUT2D eigenvalue weighted by atomic mass is 10.1. The lowest BCUT2D eigenvalue weighted by Crippen LogP contribution is -2.27. The van der Waals surface area contributed by atoms with E-state index < -0.39 is 30.0 Å². The number of halogens is 2. The van der Waals surface area contributed by atoms with Crippen LogP contribution in [0.15, 0.2) is 48.5 Å². The van der Waals surface area contributed by atoms with E-state index in [0.717, 1.165) is 23.1 Å². The fourth-order valence-corrected chi connectivity index (χ4v) is 3.64. The normalized spacial score (nSPS) is 14.2. The maximum atomic E-state index is 13.7. The SMILES string of the molecule is C[C@H](NC(=O)c1c(C(F)F)nn(C)c1Oc1cccc(C2CC2)c1)c1ccc(C(=O)O)cc1. The predicted molar refractivity (Wildman–Crippen MR) is 116 cm³/mol. The molecule has 1 aliphatic rings. The molecule has 1 amide bonds. The molecule has 1 aromatic heterocycles. The summed E-state index contributed by atoms with van der Waals surface area (Å²) in [4.78, 5) is 24.1. The van der Waals surface area contributed by atoms with Gasteiger partial charge in [-0.15, -0.1) is 0 Å². The highest BCUT2D eigenvalue weighted by Crippen LogP contribution is 2.41. The van der Waals surface area contributed by atoms with E-state index in [-0.39, 0.29) is 17.0 Å². The van der Waals surface area contributed by atoms with Crippen molar-refractivity contribution in [1.29, 1.82) is 0 Å². The molecule has 0 radical (unpaired) electrons. The molecule has 9 heteroatoms. The lowest BCUT2D eigenvalue weighted by molar-refractivity contribution is 0.0696. The number of carbonyl (C=O) groups excluding carboxylic acids is 1. The van der Waals surface area contributed by atoms with E-state index in [1.54, 1.807) is 25.1 Å². The lowest BCUT2D eigenvalue weighted by Gasteiger charge is -2.16. The fraction of sp³-hybridized carbons (Fsp3) is 0.292. The Morgan fingerprint density at radius 3 is 2.48 bits per heavy atom. The van der Waals surface area contributed by atoms with Crippen LogP contribution in [0.5, 0.6) is 11.6 Å². The van der Waals surface area contributed by atoms with E-state index in [4.69, 9.17) is 9.84 Å². The molecule has 0 unspecified atom stereocenters. The first-order valence-electron chi connectivity index (χ1n) is 10.5. The summed E-state index contributed by atoms with van der Waals surface area (Å²) in [6.07, 6.45) is -0.773. The van der Waals surface area contributed by atoms with Crippen molar-refractivity contribution < 1.29 is 28.2 Å². The molecular formula is C24H23F2N3O4. The Kier molecular flexibility index (Phi) is 6.13. The van der Waals surface area contributed by atoms with Gasteiger partial charge in [-0.25, -0.2) is 18.3 Å². The number of aryl methyl sites for hydroxylation is 1. The van der Waals surface area contributed by atoms with Gasteiger partial charge in [0.15, 0.2) is 0 Å². The van der Waals surface area contributed by atoms with E-state index in [9.17, 15) is 18.4 Å². The van der Waals surface area contributed by atoms with E-state index >= 15 is 0 Å². The number of hydrogen-bond donors (Lipinski definition) is 2. The van der Waals surface area contributed by atoms with Crippen molar-refractivity contribution in [3.05, 3.63) is 76.5 Å². The third-order valence-corrected chi connectivity index (χ3v) is 5.58. The zero-order chi connectivity index (χ0) is 23.7. The summed E-state index contributed by atoms with van der Waals surface area (Å²) in [5.74, 6) is -0.990. The minimum absolute atomic E-state index is 0.0795. The van der Waals surface area contributed by atoms with Crippen molar-refractivity contribution in [2.45, 2.75) is 38.2 Å². The van der Waals surface area contributed by atoms with Gasteiger partial charge >= 0.3 is 5.97 Å². The highest BCUT2D eigenvalue weighted by atomic mass is 19.3. The number of alkyl halides is 2. The zero-order valence-electron chi connectivity index (χ0n) is 18.1. The highest BCUT2D eigenvalue weighted by Gasteiger charge is 2.31. The first-order valence-corrected chi connectivity index (χ1v) is 10.5. The third kappa shape index (κ3) is 4.87. The Hall–Kier alpha value is -3.75. The molecule has 172 valence electrons. The number of rotatable bonds is 8. The summed E-state index contributed by atoms with van der Waals surface area (Å²) in [7, 11) is 1.44. The number of nitrogens with zero attached hydrogens (tertiary/aromatic N) is 2. The van der Waals surface area contributed by atoms with Gasteiger partial charge in [0.2, 0.25) is 5.88 Å². The molecule has 7 nitrogen and oxygen atoms in total. The van der Waals surface area contributed by atoms with E-state index in [1.807, 2.05) is 18.2 Å². The Morgan fingerprint density at radius 2 is 1.88 bits per heavy atom. The van der Waals surface area contributed by atoms with Gasteiger partial charge < -0.3 is 15.2 Å². The number of nitrogens with one attached hydrogen (secondary N) is 1. The van der Waals surface area contributed by atoms with Gasteiger partial charge in [-0.05, 0) is 61.1 Å². The van der Waals surface area contributed by atoms with Crippen LogP contribution in [0.3, 0.4) is 0 Å². The first kappa shape index (κ1) is 22.4. The number of carboxylic acid groups (broad SMARTS) is 1. The molecule has 4 rings (SSSR count). The summed E-state index contributed by atoms with van der Waals surface area (Å²) in [6, 6.07) is 12.7. The van der Waals surface area contributed by atoms with Crippen molar-refractivity contribution in [3.63, 3.8) is 0 Å². The van der Waals surface area contributed by atoms with Crippen LogP contribution in [0.25, 0.3) is 0 Å². The van der Waals surface area contributed by atoms with E-state index in [2.05, 4.69) is 10.4 Å². The van der Waals surface area contributed by atoms with Gasteiger partial charge in [0.1, 0.15) is 17.0 Å². The average Bonchev–Trinajstić information content (AvgIpc) is 3.58. The summed E-state index contributed by atoms with van der Waals surface area (Å²) >= 11 is 0. The van der Waals surface area contributed by atoms with Gasteiger partial charge in [-0.3, -0.25) is 4.79 Å². The Bertz CT molecular complexity index is 1190. The number of hydrogen-bond acceptors (Lipinski definition) is 4. The van der Waals surface area contributed by atoms with Gasteiger partial charge in [-0.1, -0.05) is 24.3 Å². The quantitative estimate of drug-likeness (QED) is 0.486. The van der Waals surface area contributed by atoms with Crippen LogP contribution in [0.1, 0.15) is 75.7 Å². The number of benzene rings is 2. The molecule has 1 fully saturated rings. The Balaban J connectivity index is 1.60. The van der Waals surface area contributed by atoms with Crippen LogP contribution in [0.2, 0.25) is 0 Å². The number of carbonyl (C=O) groups is 2. The second-order valence-electron chi connectivity index (χ2n) is 8.06. The van der Waals surface area contributed by atoms with Crippen molar-refractivity contribution in [2.24, 2.45) is 7.05 Å². The Morgan fingerprint density at radius 1 is 1.18 bits per heavy atom. The largest absolute Gasteiger partial charge is 0.478 e. The van der Waals surface area contributed by atoms with Crippen LogP contribution in [-0.2, 0) is 7.05 Å². The zero-order valence-corrected chi connectivity index (χ0v) is 18.1. The highest BCUT2D eigenvalue weighted by molar-refractivity contribution is 5.98. The molecule has 2 aromatic carbocycles. The standard InChI is InChI=1S/C24H23F2N3O4/c1-13(14-6-10-16(11-7-14)24(31)32)27-22(30)19-20(21(25)26)28-29(2)23(19)33-18-5-3-4-17(12-18)15-8-9-15/h3-7,10-13,15,21H,8-9H2,1-2H3,(H,27,30)(H,31,32)/t13-/m0/s1. The van der Waals surface area contributed by atoms with Crippen LogP contribution >= 0.6 is 0 Å². The summed E-state index contributed by atoms with van der Waals surface area (Å²) in [5, 5.41) is 15.5. The number of aromatic nitrogens is 2. The smallest absolute Gasteiger partial charge is 0.335 e. The summed E-state index contributed by atoms with van der Waals surface area (Å²) in [6.45, 7) is 1.67. The minimum atomic E-state index is -2.97. The maximum Gasteiger partial charge on any atom is 0.335 e. The second kappa shape index (κ2) is 9.01. The average molecular weight is 455 g/mol. The molecule has 1 heterocycles. The van der Waals surface area contributed by atoms with Gasteiger partial charge in [0.05, 0.1) is 11.6 Å². The monoisotopic (exact) mass is 455 g/mol. The molecule has 1 aliphatic carbocycles. The molecule has 0 saturated heterocycles. The molecular weight excluding hydrogens is 432 g/mol. The summed E-state index contributed by atoms with van der Waals surface area (Å²) in [5.41, 5.74) is 0.826. The molecule has 33 heavy (non-hydrogen) atoms. The number of amides is 1. The van der Waals surface area contributed by atoms with E-state index in [0.29, 0.717) is 17.2 Å². The molecule has 1 atom stereocenters. The van der Waals surface area contributed by atoms with Crippen molar-refractivity contribution >= 4 is 11.9 Å². The summed E-state index contributed by atoms with van der Waals surface area (Å²) < 4.78 is 34.4. The van der Waals surface area contributed by atoms with Crippen molar-refractivity contribution in [3.8, 4) is 11.6 Å². The maximum absolute atomic E-state index is 13.7. The Labute approximate surface area is 189 Å². The predicted octanol–water partition coefficient (Wildman–Crippen LogP) is 5.22. The fourth-order valence-electron chi connectivity index (χ4n) is 3.64. The minimum Gasteiger partial charge on any atom is -0.478 e. The molecule has 3 aromatic rings. The number of ether oxygens (including phenoxy) is 1. The van der Waals surface area contributed by atoms with Gasteiger partial charge in [0.25, 0.3) is 12.3 Å². The van der Waals surface area contributed by atoms with Crippen LogP contribution in [-0.4, -0.2) is 26.8 Å². The van der Waals surface area contributed by atoms with Crippen LogP contribution < -0.4 is 10.1 Å². The molecule has 2 N–H and O–H groups in total. The first-order chi connectivity index (χ1) is 15.7. The second-order valence-corrected chi connectivity index (χ2v) is 8.06. The van der Waals surface area contributed by atoms with Crippen molar-refractivity contribution in [2.75, 3.05) is 0 Å². The molecule has 1 saturated carbocycles. The van der Waals surface area contributed by atoms with Crippen LogP contribution in [0, 0.1) is 0 Å². The van der Waals surface area contributed by atoms with Gasteiger partial charge in [0, 0.05) is 7.05 Å². The number of carboxylic acids is 1. The molecule has 0 bridgehead atoms. The van der Waals surface area contributed by atoms with Crippen molar-refractivity contribution in [1.82, 2.24) is 15.1 Å².